The van der Waals surface area contributed by atoms with Crippen molar-refractivity contribution >= 4 is 17.7 Å². The molecule has 0 spiro atoms. The molecule has 1 aliphatic heterocycles. The van der Waals surface area contributed by atoms with E-state index in [2.05, 4.69) is 10.1 Å². The number of esters is 1. The topological polar surface area (TPSA) is 72.5 Å². The van der Waals surface area contributed by atoms with Gasteiger partial charge in [-0.3, -0.25) is 14.4 Å². The van der Waals surface area contributed by atoms with Crippen molar-refractivity contribution in [3.63, 3.8) is 0 Å². The second kappa shape index (κ2) is 2.92. The lowest BCUT2D eigenvalue weighted by Crippen LogP contribution is -2.62. The van der Waals surface area contributed by atoms with Gasteiger partial charge in [-0.05, 0) is 6.92 Å². The fourth-order valence-corrected chi connectivity index (χ4v) is 1.03. The highest BCUT2D eigenvalue weighted by atomic mass is 16.6. The van der Waals surface area contributed by atoms with Crippen LogP contribution in [0.2, 0.25) is 0 Å². The van der Waals surface area contributed by atoms with Crippen LogP contribution in [0.1, 0.15) is 13.8 Å². The van der Waals surface area contributed by atoms with Gasteiger partial charge in [0.1, 0.15) is 5.78 Å². The van der Waals surface area contributed by atoms with E-state index in [4.69, 9.17) is 0 Å². The van der Waals surface area contributed by atoms with Crippen LogP contribution in [-0.2, 0) is 19.1 Å². The zero-order valence-corrected chi connectivity index (χ0v) is 6.79. The number of ketones is 1. The maximum atomic E-state index is 10.8. The first-order chi connectivity index (χ1) is 5.52. The third-order valence-corrected chi connectivity index (χ3v) is 1.60. The average Bonchev–Trinajstić information content (AvgIpc) is 1.82. The summed E-state index contributed by atoms with van der Waals surface area (Å²) in [5.74, 6) is -1.99. The van der Waals surface area contributed by atoms with Gasteiger partial charge in [-0.25, -0.2) is 0 Å². The molecule has 12 heavy (non-hydrogen) atoms. The highest BCUT2D eigenvalue weighted by Gasteiger charge is 2.44. The third kappa shape index (κ3) is 1.44. The van der Waals surface area contributed by atoms with E-state index >= 15 is 0 Å². The van der Waals surface area contributed by atoms with Crippen LogP contribution in [0.4, 0.5) is 0 Å². The van der Waals surface area contributed by atoms with E-state index in [9.17, 15) is 14.4 Å². The van der Waals surface area contributed by atoms with Crippen molar-refractivity contribution < 1.29 is 19.1 Å². The average molecular weight is 171 g/mol. The number of amides is 1. The lowest BCUT2D eigenvalue weighted by molar-refractivity contribution is -0.169. The van der Waals surface area contributed by atoms with Crippen molar-refractivity contribution in [2.45, 2.75) is 20.1 Å². The standard InChI is InChI=1S/C7H9NO4/c1-3(9)5-6(11)8-7(5)12-4(2)10/h5,7H,1-2H3,(H,8,11)/t5-,7+/m0/s1. The number of carbonyl (C=O) groups is 3. The minimum absolute atomic E-state index is 0.287. The molecule has 0 bridgehead atoms. The Morgan fingerprint density at radius 3 is 2.33 bits per heavy atom. The summed E-state index contributed by atoms with van der Waals surface area (Å²) >= 11 is 0. The minimum atomic E-state index is -0.811. The van der Waals surface area contributed by atoms with Crippen molar-refractivity contribution in [2.24, 2.45) is 5.92 Å². The van der Waals surface area contributed by atoms with Gasteiger partial charge < -0.3 is 10.1 Å². The molecule has 0 unspecified atom stereocenters. The van der Waals surface area contributed by atoms with Gasteiger partial charge >= 0.3 is 5.97 Å². The second-order valence-corrected chi connectivity index (χ2v) is 2.63. The summed E-state index contributed by atoms with van der Waals surface area (Å²) in [6, 6.07) is 0. The Balaban J connectivity index is 2.54. The molecule has 5 heteroatoms. The van der Waals surface area contributed by atoms with Gasteiger partial charge in [0.05, 0.1) is 0 Å². The van der Waals surface area contributed by atoms with Gasteiger partial charge in [-0.1, -0.05) is 0 Å². The molecule has 0 aliphatic carbocycles. The van der Waals surface area contributed by atoms with Crippen LogP contribution in [-0.4, -0.2) is 23.9 Å². The Morgan fingerprint density at radius 2 is 2.00 bits per heavy atom. The molecule has 1 rings (SSSR count). The first-order valence-corrected chi connectivity index (χ1v) is 3.50. The van der Waals surface area contributed by atoms with Gasteiger partial charge in [0, 0.05) is 6.92 Å². The van der Waals surface area contributed by atoms with E-state index in [1.54, 1.807) is 0 Å². The van der Waals surface area contributed by atoms with Gasteiger partial charge in [0.15, 0.2) is 12.1 Å². The van der Waals surface area contributed by atoms with E-state index in [1.165, 1.54) is 13.8 Å². The zero-order valence-electron chi connectivity index (χ0n) is 6.79. The smallest absolute Gasteiger partial charge is 0.304 e. The number of hydrogen-bond donors (Lipinski definition) is 1. The Bertz CT molecular complexity index is 240. The van der Waals surface area contributed by atoms with Crippen LogP contribution in [0.5, 0.6) is 0 Å². The summed E-state index contributed by atoms with van der Waals surface area (Å²) in [6.07, 6.45) is -0.757. The summed E-state index contributed by atoms with van der Waals surface area (Å²) in [7, 11) is 0. The number of hydrogen-bond acceptors (Lipinski definition) is 4. The highest BCUT2D eigenvalue weighted by Crippen LogP contribution is 2.16. The van der Waals surface area contributed by atoms with E-state index in [-0.39, 0.29) is 11.7 Å². The van der Waals surface area contributed by atoms with Crippen molar-refractivity contribution in [2.75, 3.05) is 0 Å². The SMILES string of the molecule is CC(=O)O[C@H]1NC(=O)[C@@H]1C(C)=O. The first kappa shape index (κ1) is 8.70. The number of ether oxygens (including phenoxy) is 1. The van der Waals surface area contributed by atoms with Gasteiger partial charge in [0.25, 0.3) is 0 Å². The van der Waals surface area contributed by atoms with E-state index in [0.29, 0.717) is 0 Å². The Labute approximate surface area is 69.1 Å². The van der Waals surface area contributed by atoms with Gasteiger partial charge in [-0.2, -0.15) is 0 Å². The lowest BCUT2D eigenvalue weighted by atomic mass is 9.95. The molecule has 0 aromatic rings. The molecule has 1 aliphatic rings. The number of β-lactam (4-membered cyclic amide) rings is 1. The molecule has 1 N–H and O–H groups in total. The van der Waals surface area contributed by atoms with Crippen LogP contribution in [0.25, 0.3) is 0 Å². The van der Waals surface area contributed by atoms with E-state index < -0.39 is 18.1 Å². The van der Waals surface area contributed by atoms with Crippen molar-refractivity contribution in [3.8, 4) is 0 Å². The van der Waals surface area contributed by atoms with Gasteiger partial charge in [-0.15, -0.1) is 0 Å². The Morgan fingerprint density at radius 1 is 1.42 bits per heavy atom. The van der Waals surface area contributed by atoms with Crippen LogP contribution in [0.15, 0.2) is 0 Å². The van der Waals surface area contributed by atoms with Crippen LogP contribution in [0, 0.1) is 5.92 Å². The fraction of sp³-hybridized carbons (Fsp3) is 0.571. The van der Waals surface area contributed by atoms with Crippen molar-refractivity contribution in [3.05, 3.63) is 0 Å². The maximum absolute atomic E-state index is 10.8. The van der Waals surface area contributed by atoms with Crippen LogP contribution in [0.3, 0.4) is 0 Å². The quantitative estimate of drug-likeness (QED) is 0.336. The molecule has 1 heterocycles. The molecule has 5 nitrogen and oxygen atoms in total. The molecule has 1 saturated heterocycles. The molecule has 66 valence electrons. The summed E-state index contributed by atoms with van der Waals surface area (Å²) in [4.78, 5) is 32.0. The van der Waals surface area contributed by atoms with E-state index in [0.717, 1.165) is 0 Å². The predicted molar refractivity (Wildman–Crippen MR) is 37.9 cm³/mol. The number of Topliss-reactive ketones (excluding diaryl/α,β-unsaturated/α-hetero) is 1. The van der Waals surface area contributed by atoms with Crippen molar-refractivity contribution in [1.29, 1.82) is 0 Å². The van der Waals surface area contributed by atoms with E-state index in [1.807, 2.05) is 0 Å². The normalized spacial score (nSPS) is 27.0. The Hall–Kier alpha value is -1.39. The molecule has 0 radical (unpaired) electrons. The molecule has 1 amide bonds. The maximum Gasteiger partial charge on any atom is 0.304 e. The van der Waals surface area contributed by atoms with Crippen LogP contribution >= 0.6 is 0 Å². The monoisotopic (exact) mass is 171 g/mol. The molecule has 2 atom stereocenters. The summed E-state index contributed by atoms with van der Waals surface area (Å²) in [6.45, 7) is 2.52. The van der Waals surface area contributed by atoms with Gasteiger partial charge in [0.2, 0.25) is 5.91 Å². The predicted octanol–water partition coefficient (Wildman–Crippen LogP) is -0.789. The zero-order chi connectivity index (χ0) is 9.30. The van der Waals surface area contributed by atoms with Crippen molar-refractivity contribution in [1.82, 2.24) is 5.32 Å². The minimum Gasteiger partial charge on any atom is -0.441 e. The van der Waals surface area contributed by atoms with Crippen LogP contribution < -0.4 is 5.32 Å². The summed E-state index contributed by atoms with van der Waals surface area (Å²) in [5.41, 5.74) is 0. The largest absolute Gasteiger partial charge is 0.441 e. The molecular weight excluding hydrogens is 162 g/mol. The molecule has 0 aromatic heterocycles. The lowest BCUT2D eigenvalue weighted by Gasteiger charge is -2.33. The Kier molecular flexibility index (Phi) is 2.12. The number of carbonyl (C=O) groups excluding carboxylic acids is 3. The molecular formula is C7H9NO4. The molecule has 0 saturated carbocycles. The first-order valence-electron chi connectivity index (χ1n) is 3.50. The molecule has 1 fully saturated rings. The third-order valence-electron chi connectivity index (χ3n) is 1.60. The molecule has 0 aromatic carbocycles. The summed E-state index contributed by atoms with van der Waals surface area (Å²) < 4.78 is 4.64. The number of rotatable bonds is 2. The second-order valence-electron chi connectivity index (χ2n) is 2.63. The highest BCUT2D eigenvalue weighted by molar-refractivity contribution is 6.05. The fourth-order valence-electron chi connectivity index (χ4n) is 1.03. The summed E-state index contributed by atoms with van der Waals surface area (Å²) in [5, 5.41) is 2.30. The number of nitrogens with one attached hydrogen (secondary N) is 1.